The molecule has 4 heteroatoms. The number of hydrogen-bond acceptors (Lipinski definition) is 3. The van der Waals surface area contributed by atoms with Crippen molar-refractivity contribution in [1.82, 2.24) is 0 Å². The summed E-state index contributed by atoms with van der Waals surface area (Å²) in [5, 5.41) is 0. The Hall–Kier alpha value is -2.10. The molecule has 0 fully saturated rings. The van der Waals surface area contributed by atoms with Crippen LogP contribution in [0, 0.1) is 5.82 Å². The van der Waals surface area contributed by atoms with E-state index in [-0.39, 0.29) is 17.1 Å². The average molecular weight is 248 g/mol. The van der Waals surface area contributed by atoms with E-state index in [4.69, 9.17) is 9.15 Å². The summed E-state index contributed by atoms with van der Waals surface area (Å²) in [4.78, 5) is 12.2. The number of benzene rings is 1. The van der Waals surface area contributed by atoms with Gasteiger partial charge >= 0.3 is 0 Å². The van der Waals surface area contributed by atoms with Crippen LogP contribution in [0.15, 0.2) is 34.7 Å². The molecular formula is C14H13FO3. The zero-order chi connectivity index (χ0) is 13.1. The Morgan fingerprint density at radius 1 is 1.33 bits per heavy atom. The summed E-state index contributed by atoms with van der Waals surface area (Å²) in [5.41, 5.74) is 0.162. The van der Waals surface area contributed by atoms with Crippen molar-refractivity contribution >= 4 is 5.78 Å². The van der Waals surface area contributed by atoms with Gasteiger partial charge in [-0.25, -0.2) is 4.39 Å². The van der Waals surface area contributed by atoms with E-state index in [1.807, 2.05) is 6.92 Å². The molecule has 0 amide bonds. The highest BCUT2D eigenvalue weighted by Crippen LogP contribution is 2.23. The van der Waals surface area contributed by atoms with E-state index in [9.17, 15) is 9.18 Å². The molecule has 0 unspecified atom stereocenters. The highest BCUT2D eigenvalue weighted by atomic mass is 19.1. The van der Waals surface area contributed by atoms with Crippen LogP contribution < -0.4 is 4.74 Å². The minimum Gasteiger partial charge on any atom is -0.496 e. The predicted octanol–water partition coefficient (Wildman–Crippen LogP) is 3.22. The lowest BCUT2D eigenvalue weighted by Crippen LogP contribution is -2.03. The van der Waals surface area contributed by atoms with Crippen LogP contribution >= 0.6 is 0 Å². The SMILES string of the molecule is CCc1ccc(C(=O)c2cc(F)ccc2OC)o1. The van der Waals surface area contributed by atoms with E-state index in [2.05, 4.69) is 0 Å². The summed E-state index contributed by atoms with van der Waals surface area (Å²) < 4.78 is 23.6. The second kappa shape index (κ2) is 5.04. The van der Waals surface area contributed by atoms with Crippen LogP contribution in [0.1, 0.15) is 28.8 Å². The molecule has 0 aliphatic heterocycles. The van der Waals surface area contributed by atoms with Crippen LogP contribution in [0.5, 0.6) is 5.75 Å². The topological polar surface area (TPSA) is 39.4 Å². The Labute approximate surface area is 104 Å². The molecule has 0 atom stereocenters. The number of carbonyl (C=O) groups excluding carboxylic acids is 1. The lowest BCUT2D eigenvalue weighted by atomic mass is 10.1. The highest BCUT2D eigenvalue weighted by molar-refractivity contribution is 6.09. The van der Waals surface area contributed by atoms with Gasteiger partial charge in [-0.15, -0.1) is 0 Å². The van der Waals surface area contributed by atoms with Gasteiger partial charge in [0.2, 0.25) is 5.78 Å². The van der Waals surface area contributed by atoms with E-state index >= 15 is 0 Å². The van der Waals surface area contributed by atoms with Crippen molar-refractivity contribution < 1.29 is 18.3 Å². The molecule has 2 aromatic rings. The molecule has 1 heterocycles. The van der Waals surface area contributed by atoms with Crippen molar-refractivity contribution in [2.75, 3.05) is 7.11 Å². The molecule has 0 saturated heterocycles. The van der Waals surface area contributed by atoms with E-state index in [1.165, 1.54) is 19.2 Å². The van der Waals surface area contributed by atoms with Gasteiger partial charge in [-0.05, 0) is 30.3 Å². The standard InChI is InChI=1S/C14H13FO3/c1-3-10-5-7-13(18-10)14(16)11-8-9(15)4-6-12(11)17-2/h4-8H,3H2,1-2H3. The minimum absolute atomic E-state index is 0.162. The summed E-state index contributed by atoms with van der Waals surface area (Å²) in [6.45, 7) is 1.93. The first kappa shape index (κ1) is 12.4. The Kier molecular flexibility index (Phi) is 3.46. The molecule has 94 valence electrons. The average Bonchev–Trinajstić information content (AvgIpc) is 2.86. The van der Waals surface area contributed by atoms with Gasteiger partial charge in [0.05, 0.1) is 12.7 Å². The monoisotopic (exact) mass is 248 g/mol. The maximum absolute atomic E-state index is 13.2. The van der Waals surface area contributed by atoms with Gasteiger partial charge in [-0.2, -0.15) is 0 Å². The Morgan fingerprint density at radius 2 is 2.11 bits per heavy atom. The Balaban J connectivity index is 2.41. The fourth-order valence-corrected chi connectivity index (χ4v) is 1.68. The second-order valence-electron chi connectivity index (χ2n) is 3.79. The quantitative estimate of drug-likeness (QED) is 0.780. The molecule has 0 aliphatic rings. The lowest BCUT2D eigenvalue weighted by Gasteiger charge is -2.06. The van der Waals surface area contributed by atoms with Crippen molar-refractivity contribution in [3.05, 3.63) is 53.2 Å². The van der Waals surface area contributed by atoms with Crippen molar-refractivity contribution in [2.45, 2.75) is 13.3 Å². The predicted molar refractivity (Wildman–Crippen MR) is 64.5 cm³/mol. The van der Waals surface area contributed by atoms with Gasteiger partial charge in [0.1, 0.15) is 17.3 Å². The molecule has 3 nitrogen and oxygen atoms in total. The van der Waals surface area contributed by atoms with E-state index in [1.54, 1.807) is 12.1 Å². The molecule has 1 aromatic heterocycles. The molecule has 18 heavy (non-hydrogen) atoms. The molecule has 0 radical (unpaired) electrons. The minimum atomic E-state index is -0.485. The maximum Gasteiger partial charge on any atom is 0.232 e. The number of ether oxygens (including phenoxy) is 1. The summed E-state index contributed by atoms with van der Waals surface area (Å²) in [6.07, 6.45) is 0.702. The molecule has 0 aliphatic carbocycles. The van der Waals surface area contributed by atoms with Gasteiger partial charge < -0.3 is 9.15 Å². The lowest BCUT2D eigenvalue weighted by molar-refractivity contribution is 0.100. The van der Waals surface area contributed by atoms with Crippen molar-refractivity contribution in [2.24, 2.45) is 0 Å². The summed E-state index contributed by atoms with van der Waals surface area (Å²) in [5.74, 6) is 0.368. The van der Waals surface area contributed by atoms with E-state index in [0.29, 0.717) is 17.9 Å². The van der Waals surface area contributed by atoms with Gasteiger partial charge in [-0.3, -0.25) is 4.79 Å². The summed E-state index contributed by atoms with van der Waals surface area (Å²) in [7, 11) is 1.43. The Morgan fingerprint density at radius 3 is 2.72 bits per heavy atom. The third-order valence-corrected chi connectivity index (χ3v) is 2.64. The largest absolute Gasteiger partial charge is 0.496 e. The number of ketones is 1. The fraction of sp³-hybridized carbons (Fsp3) is 0.214. The Bertz CT molecular complexity index is 572. The van der Waals surface area contributed by atoms with Crippen LogP contribution in [0.25, 0.3) is 0 Å². The normalized spacial score (nSPS) is 10.4. The van der Waals surface area contributed by atoms with E-state index < -0.39 is 5.82 Å². The number of carbonyl (C=O) groups is 1. The number of methoxy groups -OCH3 is 1. The number of furan rings is 1. The van der Waals surface area contributed by atoms with Crippen molar-refractivity contribution in [3.63, 3.8) is 0 Å². The first-order valence-electron chi connectivity index (χ1n) is 5.62. The molecule has 2 rings (SSSR count). The fourth-order valence-electron chi connectivity index (χ4n) is 1.68. The third-order valence-electron chi connectivity index (χ3n) is 2.64. The first-order chi connectivity index (χ1) is 8.65. The number of halogens is 1. The zero-order valence-corrected chi connectivity index (χ0v) is 10.2. The molecule has 0 spiro atoms. The number of rotatable bonds is 4. The van der Waals surface area contributed by atoms with Crippen LogP contribution in [-0.2, 0) is 6.42 Å². The van der Waals surface area contributed by atoms with Gasteiger partial charge in [-0.1, -0.05) is 6.92 Å². The van der Waals surface area contributed by atoms with Crippen LogP contribution in [-0.4, -0.2) is 12.9 Å². The molecular weight excluding hydrogens is 235 g/mol. The van der Waals surface area contributed by atoms with E-state index in [0.717, 1.165) is 6.07 Å². The molecule has 1 aromatic carbocycles. The smallest absolute Gasteiger partial charge is 0.232 e. The summed E-state index contributed by atoms with van der Waals surface area (Å²) in [6, 6.07) is 7.14. The molecule has 0 N–H and O–H groups in total. The maximum atomic E-state index is 13.2. The van der Waals surface area contributed by atoms with Crippen LogP contribution in [0.4, 0.5) is 4.39 Å². The van der Waals surface area contributed by atoms with Gasteiger partial charge in [0.15, 0.2) is 5.76 Å². The number of hydrogen-bond donors (Lipinski definition) is 0. The second-order valence-corrected chi connectivity index (χ2v) is 3.79. The summed E-state index contributed by atoms with van der Waals surface area (Å²) >= 11 is 0. The number of aryl methyl sites for hydroxylation is 1. The third kappa shape index (κ3) is 2.27. The van der Waals surface area contributed by atoms with Crippen LogP contribution in [0.2, 0.25) is 0 Å². The highest BCUT2D eigenvalue weighted by Gasteiger charge is 2.18. The molecule has 0 bridgehead atoms. The van der Waals surface area contributed by atoms with Crippen molar-refractivity contribution in [3.8, 4) is 5.75 Å². The molecule has 0 saturated carbocycles. The van der Waals surface area contributed by atoms with Gasteiger partial charge in [0.25, 0.3) is 0 Å². The zero-order valence-electron chi connectivity index (χ0n) is 10.2. The first-order valence-corrected chi connectivity index (χ1v) is 5.62. The van der Waals surface area contributed by atoms with Crippen LogP contribution in [0.3, 0.4) is 0 Å². The van der Waals surface area contributed by atoms with Crippen molar-refractivity contribution in [1.29, 1.82) is 0 Å². The van der Waals surface area contributed by atoms with Gasteiger partial charge in [0, 0.05) is 6.42 Å².